The summed E-state index contributed by atoms with van der Waals surface area (Å²) in [5.41, 5.74) is 5.37. The van der Waals surface area contributed by atoms with Gasteiger partial charge < -0.3 is 14.5 Å². The first-order valence-electron chi connectivity index (χ1n) is 11.1. The predicted octanol–water partition coefficient (Wildman–Crippen LogP) is 3.95. The molecule has 0 radical (unpaired) electrons. The molecule has 0 saturated carbocycles. The zero-order valence-corrected chi connectivity index (χ0v) is 19.9. The minimum atomic E-state index is 0.134. The number of hydrogen-bond acceptors (Lipinski definition) is 6. The summed E-state index contributed by atoms with van der Waals surface area (Å²) in [6.07, 6.45) is 0. The molecule has 8 heteroatoms. The monoisotopic (exact) mass is 461 g/mol. The maximum Gasteiger partial charge on any atom is 0.233 e. The molecule has 33 heavy (non-hydrogen) atoms. The van der Waals surface area contributed by atoms with Gasteiger partial charge in [-0.15, -0.1) is 10.2 Å². The van der Waals surface area contributed by atoms with Crippen molar-refractivity contribution >= 4 is 39.9 Å². The molecule has 2 aromatic heterocycles. The maximum absolute atomic E-state index is 13.0. The highest BCUT2D eigenvalue weighted by atomic mass is 32.2. The number of piperazine rings is 1. The molecule has 0 aliphatic carbocycles. The number of anilines is 1. The highest BCUT2D eigenvalue weighted by Crippen LogP contribution is 2.29. The fourth-order valence-electron chi connectivity index (χ4n) is 4.38. The Kier molecular flexibility index (Phi) is 5.85. The van der Waals surface area contributed by atoms with E-state index in [1.165, 1.54) is 23.0 Å². The van der Waals surface area contributed by atoms with Crippen molar-refractivity contribution in [3.05, 3.63) is 59.7 Å². The van der Waals surface area contributed by atoms with Gasteiger partial charge in [0, 0.05) is 43.3 Å². The van der Waals surface area contributed by atoms with E-state index in [9.17, 15) is 4.79 Å². The lowest BCUT2D eigenvalue weighted by Gasteiger charge is -2.36. The van der Waals surface area contributed by atoms with Crippen molar-refractivity contribution in [3.8, 4) is 5.75 Å². The van der Waals surface area contributed by atoms with Crippen LogP contribution in [0.15, 0.2) is 53.7 Å². The third kappa shape index (κ3) is 4.23. The molecule has 1 aliphatic heterocycles. The largest absolute Gasteiger partial charge is 0.497 e. The smallest absolute Gasteiger partial charge is 0.233 e. The van der Waals surface area contributed by atoms with Crippen molar-refractivity contribution in [3.63, 3.8) is 0 Å². The summed E-state index contributed by atoms with van der Waals surface area (Å²) in [5, 5.41) is 10.6. The molecule has 0 bridgehead atoms. The van der Waals surface area contributed by atoms with Crippen molar-refractivity contribution in [1.82, 2.24) is 19.5 Å². The molecule has 170 valence electrons. The molecule has 0 N–H and O–H groups in total. The number of rotatable bonds is 5. The molecule has 4 aromatic rings. The van der Waals surface area contributed by atoms with Gasteiger partial charge in [0.1, 0.15) is 5.75 Å². The molecule has 2 aromatic carbocycles. The first-order valence-corrected chi connectivity index (χ1v) is 12.1. The summed E-state index contributed by atoms with van der Waals surface area (Å²) in [5.74, 6) is 1.25. The number of amides is 1. The van der Waals surface area contributed by atoms with Crippen molar-refractivity contribution < 1.29 is 9.53 Å². The minimum Gasteiger partial charge on any atom is -0.497 e. The SMILES string of the molecule is COc1ccc2c(C)cc3nnc(SCC(=O)N4CCN(c5cccc(C)c5)CC4)n3c2c1. The lowest BCUT2D eigenvalue weighted by atomic mass is 10.1. The second-order valence-electron chi connectivity index (χ2n) is 8.38. The van der Waals surface area contributed by atoms with Crippen LogP contribution in [0.5, 0.6) is 5.75 Å². The Labute approximate surface area is 197 Å². The second-order valence-corrected chi connectivity index (χ2v) is 9.32. The molecule has 0 spiro atoms. The van der Waals surface area contributed by atoms with E-state index in [1.807, 2.05) is 27.5 Å². The van der Waals surface area contributed by atoms with Crippen LogP contribution in [-0.4, -0.2) is 64.4 Å². The molecule has 1 saturated heterocycles. The van der Waals surface area contributed by atoms with Gasteiger partial charge in [0.15, 0.2) is 10.8 Å². The summed E-state index contributed by atoms with van der Waals surface area (Å²) >= 11 is 1.44. The molecule has 1 fully saturated rings. The van der Waals surface area contributed by atoms with Crippen molar-refractivity contribution in [2.45, 2.75) is 19.0 Å². The quantitative estimate of drug-likeness (QED) is 0.420. The summed E-state index contributed by atoms with van der Waals surface area (Å²) in [7, 11) is 1.66. The van der Waals surface area contributed by atoms with Crippen LogP contribution in [0.3, 0.4) is 0 Å². The van der Waals surface area contributed by atoms with E-state index < -0.39 is 0 Å². The second kappa shape index (κ2) is 8.94. The molecule has 1 aliphatic rings. The molecule has 7 nitrogen and oxygen atoms in total. The number of methoxy groups -OCH3 is 1. The number of fused-ring (bicyclic) bond motifs is 3. The number of ether oxygens (including phenoxy) is 1. The lowest BCUT2D eigenvalue weighted by molar-refractivity contribution is -0.128. The zero-order chi connectivity index (χ0) is 22.9. The maximum atomic E-state index is 13.0. The normalized spacial score (nSPS) is 14.3. The Morgan fingerprint density at radius 2 is 1.85 bits per heavy atom. The molecule has 0 unspecified atom stereocenters. The first-order chi connectivity index (χ1) is 16.0. The van der Waals surface area contributed by atoms with E-state index in [0.717, 1.165) is 59.2 Å². The number of carbonyl (C=O) groups is 1. The Morgan fingerprint density at radius 1 is 1.03 bits per heavy atom. The molecule has 3 heterocycles. The van der Waals surface area contributed by atoms with Gasteiger partial charge in [0.25, 0.3) is 0 Å². The van der Waals surface area contributed by atoms with Crippen molar-refractivity contribution in [2.24, 2.45) is 0 Å². The van der Waals surface area contributed by atoms with E-state index in [4.69, 9.17) is 4.74 Å². The zero-order valence-electron chi connectivity index (χ0n) is 19.1. The lowest BCUT2D eigenvalue weighted by Crippen LogP contribution is -2.49. The topological polar surface area (TPSA) is 63.0 Å². The number of pyridine rings is 1. The number of aromatic nitrogens is 3. The highest BCUT2D eigenvalue weighted by molar-refractivity contribution is 7.99. The van der Waals surface area contributed by atoms with Gasteiger partial charge in [-0.3, -0.25) is 9.20 Å². The van der Waals surface area contributed by atoms with E-state index in [-0.39, 0.29) is 5.91 Å². The average Bonchev–Trinajstić information content (AvgIpc) is 3.25. The van der Waals surface area contributed by atoms with Crippen molar-refractivity contribution in [1.29, 1.82) is 0 Å². The standard InChI is InChI=1S/C25H27N5O2S/c1-17-5-4-6-19(13-17)28-9-11-29(12-10-28)24(31)16-33-25-27-26-23-14-18(2)21-8-7-20(32-3)15-22(21)30(23)25/h4-8,13-15H,9-12,16H2,1-3H3. The van der Waals surface area contributed by atoms with Gasteiger partial charge in [-0.05, 0) is 55.3 Å². The third-order valence-corrected chi connectivity index (χ3v) is 7.11. The third-order valence-electron chi connectivity index (χ3n) is 6.20. The predicted molar refractivity (Wildman–Crippen MR) is 132 cm³/mol. The first kappa shape index (κ1) is 21.6. The van der Waals surface area contributed by atoms with Gasteiger partial charge >= 0.3 is 0 Å². The van der Waals surface area contributed by atoms with Crippen LogP contribution >= 0.6 is 11.8 Å². The Hall–Kier alpha value is -3.26. The number of thioether (sulfide) groups is 1. The average molecular weight is 462 g/mol. The van der Waals surface area contributed by atoms with Crippen LogP contribution in [0, 0.1) is 13.8 Å². The van der Waals surface area contributed by atoms with Gasteiger partial charge in [-0.1, -0.05) is 23.9 Å². The van der Waals surface area contributed by atoms with Crippen LogP contribution in [-0.2, 0) is 4.79 Å². The number of hydrogen-bond donors (Lipinski definition) is 0. The van der Waals surface area contributed by atoms with Crippen molar-refractivity contribution in [2.75, 3.05) is 43.9 Å². The van der Waals surface area contributed by atoms with Gasteiger partial charge in [-0.25, -0.2) is 0 Å². The van der Waals surface area contributed by atoms with E-state index in [0.29, 0.717) is 5.75 Å². The number of aryl methyl sites for hydroxylation is 2. The highest BCUT2D eigenvalue weighted by Gasteiger charge is 2.22. The molecular formula is C25H27N5O2S. The van der Waals surface area contributed by atoms with Gasteiger partial charge in [0.05, 0.1) is 18.4 Å². The molecule has 5 rings (SSSR count). The number of benzene rings is 2. The fourth-order valence-corrected chi connectivity index (χ4v) is 5.23. The van der Waals surface area contributed by atoms with Crippen LogP contribution in [0.4, 0.5) is 5.69 Å². The molecule has 1 amide bonds. The van der Waals surface area contributed by atoms with Crippen LogP contribution in [0.25, 0.3) is 16.6 Å². The minimum absolute atomic E-state index is 0.134. The summed E-state index contributed by atoms with van der Waals surface area (Å²) < 4.78 is 7.44. The van der Waals surface area contributed by atoms with Crippen LogP contribution in [0.2, 0.25) is 0 Å². The fraction of sp³-hybridized carbons (Fsp3) is 0.320. The Bertz CT molecular complexity index is 1330. The summed E-state index contributed by atoms with van der Waals surface area (Å²) in [4.78, 5) is 17.3. The summed E-state index contributed by atoms with van der Waals surface area (Å²) in [6, 6.07) is 16.6. The number of nitrogens with zero attached hydrogens (tertiary/aromatic N) is 5. The molecule has 0 atom stereocenters. The summed E-state index contributed by atoms with van der Waals surface area (Å²) in [6.45, 7) is 7.32. The van der Waals surface area contributed by atoms with Crippen LogP contribution in [0.1, 0.15) is 11.1 Å². The van der Waals surface area contributed by atoms with E-state index >= 15 is 0 Å². The van der Waals surface area contributed by atoms with E-state index in [1.54, 1.807) is 7.11 Å². The van der Waals surface area contributed by atoms with Gasteiger partial charge in [-0.2, -0.15) is 0 Å². The van der Waals surface area contributed by atoms with Gasteiger partial charge in [0.2, 0.25) is 5.91 Å². The van der Waals surface area contributed by atoms with E-state index in [2.05, 4.69) is 59.3 Å². The number of carbonyl (C=O) groups excluding carboxylic acids is 1. The Balaban J connectivity index is 1.29. The Morgan fingerprint density at radius 3 is 2.61 bits per heavy atom. The molecular weight excluding hydrogens is 434 g/mol. The van der Waals surface area contributed by atoms with Crippen LogP contribution < -0.4 is 9.64 Å².